The molecule has 2 saturated carbocycles. The topological polar surface area (TPSA) is 105 Å². The van der Waals surface area contributed by atoms with Crippen molar-refractivity contribution >= 4 is 29.6 Å². The maximum Gasteiger partial charge on any atom is 0.404 e. The third-order valence-electron chi connectivity index (χ3n) is 9.54. The number of nitrogens with one attached hydrogen (secondary N) is 2. The minimum atomic E-state index is -0.980. The lowest BCUT2D eigenvalue weighted by atomic mass is 9.89. The molecule has 1 saturated heterocycles. The van der Waals surface area contributed by atoms with Crippen molar-refractivity contribution in [1.29, 1.82) is 0 Å². The summed E-state index contributed by atoms with van der Waals surface area (Å²) in [5.74, 6) is 0.105. The number of urea groups is 1. The van der Waals surface area contributed by atoms with Crippen molar-refractivity contribution in [3.05, 3.63) is 34.9 Å². The van der Waals surface area contributed by atoms with Crippen molar-refractivity contribution in [2.24, 2.45) is 0 Å². The van der Waals surface area contributed by atoms with E-state index in [9.17, 15) is 14.4 Å². The molecule has 3 N–H and O–H groups in total. The first-order chi connectivity index (χ1) is 20.3. The molecule has 4 rings (SSSR count). The van der Waals surface area contributed by atoms with Crippen LogP contribution in [0.1, 0.15) is 90.0 Å². The van der Waals surface area contributed by atoms with Gasteiger partial charge in [-0.15, -0.1) is 0 Å². The van der Waals surface area contributed by atoms with Crippen LogP contribution in [-0.4, -0.2) is 94.2 Å². The van der Waals surface area contributed by atoms with E-state index in [-0.39, 0.29) is 36.1 Å². The highest BCUT2D eigenvalue weighted by Gasteiger charge is 2.37. The van der Waals surface area contributed by atoms with E-state index < -0.39 is 6.09 Å². The average Bonchev–Trinajstić information content (AvgIpc) is 3.00. The third kappa shape index (κ3) is 8.75. The van der Waals surface area contributed by atoms with Crippen LogP contribution < -0.4 is 10.6 Å². The largest absolute Gasteiger partial charge is 0.465 e. The number of piperidine rings is 1. The summed E-state index contributed by atoms with van der Waals surface area (Å²) in [6.45, 7) is 6.80. The molecule has 0 aromatic heterocycles. The standard InChI is InChI=1S/C32H50ClN5O4/c1-3-36(4-2)32(42)38(27-8-6-5-7-9-27)28-18-20-37(21-19-28)30(39)29(22-23-10-12-24(33)13-11-23)34-25-14-16-26(17-15-25)35-31(40)41/h10-13,25-29,34-35H,3-9,14-22H2,1-2H3,(H,40,41)/t25?,26?,29-/m1/s1. The Balaban J connectivity index is 1.42. The van der Waals surface area contributed by atoms with E-state index >= 15 is 0 Å². The minimum Gasteiger partial charge on any atom is -0.465 e. The smallest absolute Gasteiger partial charge is 0.404 e. The highest BCUT2D eigenvalue weighted by atomic mass is 35.5. The second-order valence-corrected chi connectivity index (χ2v) is 12.7. The summed E-state index contributed by atoms with van der Waals surface area (Å²) in [4.78, 5) is 44.9. The lowest BCUT2D eigenvalue weighted by molar-refractivity contribution is -0.135. The average molecular weight is 604 g/mol. The van der Waals surface area contributed by atoms with Crippen molar-refractivity contribution < 1.29 is 19.5 Å². The third-order valence-corrected chi connectivity index (χ3v) is 9.79. The Morgan fingerprint density at radius 2 is 1.45 bits per heavy atom. The van der Waals surface area contributed by atoms with Crippen molar-refractivity contribution in [1.82, 2.24) is 25.3 Å². The van der Waals surface area contributed by atoms with Crippen molar-refractivity contribution in [3.63, 3.8) is 0 Å². The summed E-state index contributed by atoms with van der Waals surface area (Å²) in [6, 6.07) is 8.04. The summed E-state index contributed by atoms with van der Waals surface area (Å²) >= 11 is 6.12. The van der Waals surface area contributed by atoms with E-state index in [0.717, 1.165) is 56.9 Å². The molecule has 1 aliphatic heterocycles. The number of hydrogen-bond acceptors (Lipinski definition) is 4. The van der Waals surface area contributed by atoms with Gasteiger partial charge in [0.15, 0.2) is 0 Å². The van der Waals surface area contributed by atoms with Crippen LogP contribution in [0.25, 0.3) is 0 Å². The number of amides is 4. The summed E-state index contributed by atoms with van der Waals surface area (Å²) in [5.41, 5.74) is 1.05. The van der Waals surface area contributed by atoms with Crippen LogP contribution in [0.15, 0.2) is 24.3 Å². The molecule has 1 aromatic carbocycles. The number of nitrogens with zero attached hydrogens (tertiary/aromatic N) is 3. The first-order valence-electron chi connectivity index (χ1n) is 16.1. The molecule has 4 amide bonds. The first kappa shape index (κ1) is 32.4. The number of halogens is 1. The minimum absolute atomic E-state index is 0.0313. The molecule has 2 aliphatic carbocycles. The molecule has 234 valence electrons. The van der Waals surface area contributed by atoms with Gasteiger partial charge in [-0.25, -0.2) is 9.59 Å². The molecule has 1 atom stereocenters. The first-order valence-corrected chi connectivity index (χ1v) is 16.5. The number of benzene rings is 1. The van der Waals surface area contributed by atoms with Crippen LogP contribution in [0.2, 0.25) is 5.02 Å². The lowest BCUT2D eigenvalue weighted by Gasteiger charge is -2.45. The molecule has 0 unspecified atom stereocenters. The fourth-order valence-corrected chi connectivity index (χ4v) is 7.28. The van der Waals surface area contributed by atoms with Gasteiger partial charge in [-0.2, -0.15) is 0 Å². The van der Waals surface area contributed by atoms with Crippen LogP contribution in [0.4, 0.5) is 9.59 Å². The molecule has 42 heavy (non-hydrogen) atoms. The zero-order valence-electron chi connectivity index (χ0n) is 25.4. The molecule has 10 heteroatoms. The number of likely N-dealkylation sites (tertiary alicyclic amines) is 1. The summed E-state index contributed by atoms with van der Waals surface area (Å²) < 4.78 is 0. The molecule has 1 heterocycles. The van der Waals surface area contributed by atoms with E-state index in [2.05, 4.69) is 15.5 Å². The van der Waals surface area contributed by atoms with Crippen molar-refractivity contribution in [2.75, 3.05) is 26.2 Å². The molecular formula is C32H50ClN5O4. The van der Waals surface area contributed by atoms with Crippen LogP contribution >= 0.6 is 11.6 Å². The van der Waals surface area contributed by atoms with Crippen molar-refractivity contribution in [3.8, 4) is 0 Å². The Morgan fingerprint density at radius 3 is 2.02 bits per heavy atom. The van der Waals surface area contributed by atoms with Crippen LogP contribution in [-0.2, 0) is 11.2 Å². The second kappa shape index (κ2) is 15.8. The van der Waals surface area contributed by atoms with Gasteiger partial charge < -0.3 is 30.4 Å². The molecular weight excluding hydrogens is 554 g/mol. The van der Waals surface area contributed by atoms with Gasteiger partial charge in [0.25, 0.3) is 0 Å². The maximum absolute atomic E-state index is 14.0. The molecule has 9 nitrogen and oxygen atoms in total. The van der Waals surface area contributed by atoms with Gasteiger partial charge in [0.2, 0.25) is 5.91 Å². The molecule has 0 spiro atoms. The summed E-state index contributed by atoms with van der Waals surface area (Å²) in [7, 11) is 0. The Hall–Kier alpha value is -2.52. The fourth-order valence-electron chi connectivity index (χ4n) is 7.15. The number of carbonyl (C=O) groups excluding carboxylic acids is 2. The van der Waals surface area contributed by atoms with Crippen LogP contribution in [0, 0.1) is 0 Å². The van der Waals surface area contributed by atoms with Gasteiger partial charge in [0.05, 0.1) is 6.04 Å². The Morgan fingerprint density at radius 1 is 0.881 bits per heavy atom. The Labute approximate surface area is 256 Å². The van der Waals surface area contributed by atoms with Gasteiger partial charge in [0.1, 0.15) is 0 Å². The zero-order chi connectivity index (χ0) is 30.1. The van der Waals surface area contributed by atoms with E-state index in [0.29, 0.717) is 43.7 Å². The monoisotopic (exact) mass is 603 g/mol. The summed E-state index contributed by atoms with van der Waals surface area (Å²) in [6.07, 6.45) is 10.1. The van der Waals surface area contributed by atoms with Gasteiger partial charge in [-0.1, -0.05) is 43.0 Å². The van der Waals surface area contributed by atoms with Crippen LogP contribution in [0.3, 0.4) is 0 Å². The van der Waals surface area contributed by atoms with Gasteiger partial charge >= 0.3 is 12.1 Å². The Bertz CT molecular complexity index is 1010. The predicted molar refractivity (Wildman–Crippen MR) is 166 cm³/mol. The van der Waals surface area contributed by atoms with Crippen molar-refractivity contribution in [2.45, 2.75) is 121 Å². The molecule has 1 aromatic rings. The molecule has 0 bridgehead atoms. The highest BCUT2D eigenvalue weighted by Crippen LogP contribution is 2.29. The van der Waals surface area contributed by atoms with E-state index in [1.807, 2.05) is 47.9 Å². The molecule has 3 fully saturated rings. The fraction of sp³-hybridized carbons (Fsp3) is 0.719. The van der Waals surface area contributed by atoms with Gasteiger partial charge in [0, 0.05) is 55.4 Å². The summed E-state index contributed by atoms with van der Waals surface area (Å²) in [5, 5.41) is 16.0. The SMILES string of the molecule is CCN(CC)C(=O)N(C1CCCCC1)C1CCN(C(=O)[C@@H](Cc2ccc(Cl)cc2)NC2CCC(NC(=O)O)CC2)CC1. The Kier molecular flexibility index (Phi) is 12.2. The molecule has 0 radical (unpaired) electrons. The number of hydrogen-bond donors (Lipinski definition) is 3. The van der Waals surface area contributed by atoms with E-state index in [4.69, 9.17) is 16.7 Å². The van der Waals surface area contributed by atoms with E-state index in [1.165, 1.54) is 19.3 Å². The second-order valence-electron chi connectivity index (χ2n) is 12.3. The quantitative estimate of drug-likeness (QED) is 0.327. The zero-order valence-corrected chi connectivity index (χ0v) is 26.2. The predicted octanol–water partition coefficient (Wildman–Crippen LogP) is 5.51. The highest BCUT2D eigenvalue weighted by molar-refractivity contribution is 6.30. The molecule has 3 aliphatic rings. The maximum atomic E-state index is 14.0. The van der Waals surface area contributed by atoms with Gasteiger partial charge in [-0.05, 0) is 89.3 Å². The normalized spacial score (nSPS) is 22.8. The van der Waals surface area contributed by atoms with Crippen LogP contribution in [0.5, 0.6) is 0 Å². The lowest BCUT2D eigenvalue weighted by Crippen LogP contribution is -2.58. The number of carbonyl (C=O) groups is 3. The van der Waals surface area contributed by atoms with Gasteiger partial charge in [-0.3, -0.25) is 4.79 Å². The number of carboxylic acid groups (broad SMARTS) is 1. The van der Waals surface area contributed by atoms with E-state index in [1.54, 1.807) is 0 Å². The number of rotatable bonds is 10.